The minimum absolute atomic E-state index is 0.133. The zero-order valence-corrected chi connectivity index (χ0v) is 17.3. The van der Waals surface area contributed by atoms with Gasteiger partial charge in [-0.25, -0.2) is 0 Å². The number of nitrogens with zero attached hydrogens (tertiary/aromatic N) is 2. The number of hydrogen-bond donors (Lipinski definition) is 0. The maximum absolute atomic E-state index is 12.6. The summed E-state index contributed by atoms with van der Waals surface area (Å²) in [6.45, 7) is 2.44. The van der Waals surface area contributed by atoms with Crippen molar-refractivity contribution in [2.75, 3.05) is 31.5 Å². The fraction of sp³-hybridized carbons (Fsp3) is 0.348. The van der Waals surface area contributed by atoms with Gasteiger partial charge in [0.15, 0.2) is 18.1 Å². The van der Waals surface area contributed by atoms with E-state index in [1.807, 2.05) is 25.1 Å². The van der Waals surface area contributed by atoms with Crippen molar-refractivity contribution in [2.45, 2.75) is 26.2 Å². The summed E-state index contributed by atoms with van der Waals surface area (Å²) >= 11 is 0. The molecule has 2 aromatic carbocycles. The average Bonchev–Trinajstić information content (AvgIpc) is 3.25. The van der Waals surface area contributed by atoms with Gasteiger partial charge in [0.05, 0.1) is 19.1 Å². The quantitative estimate of drug-likeness (QED) is 0.540. The van der Waals surface area contributed by atoms with Crippen molar-refractivity contribution < 1.29 is 28.5 Å². The van der Waals surface area contributed by atoms with Crippen molar-refractivity contribution in [1.29, 1.82) is 5.26 Å². The highest BCUT2D eigenvalue weighted by molar-refractivity contribution is 5.95. The summed E-state index contributed by atoms with van der Waals surface area (Å²) in [5, 5.41) is 8.90. The molecule has 0 radical (unpaired) electrons. The predicted molar refractivity (Wildman–Crippen MR) is 112 cm³/mol. The van der Waals surface area contributed by atoms with Gasteiger partial charge in [-0.05, 0) is 55.3 Å². The summed E-state index contributed by atoms with van der Waals surface area (Å²) in [4.78, 5) is 26.2. The molecule has 0 saturated carbocycles. The molecule has 0 aromatic heterocycles. The number of nitriles is 1. The first-order valence-corrected chi connectivity index (χ1v) is 10.0. The number of hydrogen-bond acceptors (Lipinski definition) is 7. The fourth-order valence-corrected chi connectivity index (χ4v) is 3.08. The molecule has 0 spiro atoms. The second-order valence-corrected chi connectivity index (χ2v) is 6.73. The Hall–Kier alpha value is -3.73. The molecule has 3 rings (SSSR count). The number of ether oxygens (including phenoxy) is 4. The third-order valence-corrected chi connectivity index (χ3v) is 4.62. The molecule has 1 heterocycles. The lowest BCUT2D eigenvalue weighted by molar-refractivity contribution is -0.147. The lowest BCUT2D eigenvalue weighted by Gasteiger charge is -2.22. The summed E-state index contributed by atoms with van der Waals surface area (Å²) in [6, 6.07) is 14.5. The molecule has 0 bridgehead atoms. The highest BCUT2D eigenvalue weighted by Gasteiger charge is 2.18. The van der Waals surface area contributed by atoms with Gasteiger partial charge in [0, 0.05) is 18.7 Å². The van der Waals surface area contributed by atoms with Gasteiger partial charge in [-0.3, -0.25) is 9.59 Å². The lowest BCUT2D eigenvalue weighted by atomic mass is 10.1. The van der Waals surface area contributed by atoms with Crippen LogP contribution < -0.4 is 19.1 Å². The molecule has 0 N–H and O–H groups in total. The maximum atomic E-state index is 12.6. The number of benzene rings is 2. The number of carbonyl (C=O) groups excluding carboxylic acids is 2. The zero-order chi connectivity index (χ0) is 22.1. The van der Waals surface area contributed by atoms with E-state index in [1.54, 1.807) is 30.3 Å². The molecule has 1 aliphatic heterocycles. The second kappa shape index (κ2) is 10.9. The Balaban J connectivity index is 1.52. The van der Waals surface area contributed by atoms with E-state index in [9.17, 15) is 9.59 Å². The van der Waals surface area contributed by atoms with Crippen molar-refractivity contribution in [2.24, 2.45) is 0 Å². The average molecular weight is 424 g/mol. The van der Waals surface area contributed by atoms with Gasteiger partial charge in [-0.2, -0.15) is 5.26 Å². The van der Waals surface area contributed by atoms with E-state index < -0.39 is 18.5 Å². The fourth-order valence-electron chi connectivity index (χ4n) is 3.08. The van der Waals surface area contributed by atoms with Crippen LogP contribution in [0, 0.1) is 11.3 Å². The first kappa shape index (κ1) is 22.0. The Morgan fingerprint density at radius 3 is 2.65 bits per heavy atom. The van der Waals surface area contributed by atoms with Gasteiger partial charge in [0.2, 0.25) is 6.79 Å². The highest BCUT2D eigenvalue weighted by atomic mass is 16.7. The topological polar surface area (TPSA) is 98.1 Å². The summed E-state index contributed by atoms with van der Waals surface area (Å²) in [5.41, 5.74) is 1.53. The number of anilines is 1. The van der Waals surface area contributed by atoms with Crippen LogP contribution in [0.15, 0.2) is 42.5 Å². The first-order chi connectivity index (χ1) is 15.1. The molecule has 0 saturated heterocycles. The van der Waals surface area contributed by atoms with Gasteiger partial charge in [0.25, 0.3) is 5.91 Å². The third kappa shape index (κ3) is 6.12. The van der Waals surface area contributed by atoms with Crippen LogP contribution in [0.2, 0.25) is 0 Å². The predicted octanol–water partition coefficient (Wildman–Crippen LogP) is 3.24. The third-order valence-electron chi connectivity index (χ3n) is 4.62. The van der Waals surface area contributed by atoms with Crippen molar-refractivity contribution in [3.63, 3.8) is 0 Å². The van der Waals surface area contributed by atoms with E-state index >= 15 is 0 Å². The van der Waals surface area contributed by atoms with Crippen LogP contribution in [0.3, 0.4) is 0 Å². The Labute approximate surface area is 180 Å². The number of fused-ring (bicyclic) bond motifs is 1. The number of rotatable bonds is 10. The maximum Gasteiger partial charge on any atom is 0.306 e. The Morgan fingerprint density at radius 1 is 1.13 bits per heavy atom. The number of aryl methyl sites for hydroxylation is 1. The molecule has 8 heteroatoms. The van der Waals surface area contributed by atoms with Gasteiger partial charge < -0.3 is 23.8 Å². The largest absolute Gasteiger partial charge is 0.494 e. The van der Waals surface area contributed by atoms with Crippen LogP contribution in [0.4, 0.5) is 5.69 Å². The molecule has 1 amide bonds. The van der Waals surface area contributed by atoms with Crippen LogP contribution in [0.25, 0.3) is 0 Å². The highest BCUT2D eigenvalue weighted by Crippen LogP contribution is 2.32. The molecule has 0 fully saturated rings. The smallest absolute Gasteiger partial charge is 0.306 e. The van der Waals surface area contributed by atoms with Crippen molar-refractivity contribution >= 4 is 17.6 Å². The van der Waals surface area contributed by atoms with E-state index in [2.05, 4.69) is 0 Å². The molecule has 0 unspecified atom stereocenters. The summed E-state index contributed by atoms with van der Waals surface area (Å²) in [5.74, 6) is 1.16. The standard InChI is InChI=1S/C23H24N2O6/c1-2-28-19-8-6-18(7-9-19)25(13-3-12-24)22(26)15-29-23(27)11-5-17-4-10-20-21(14-17)31-16-30-20/h4,6-10,14H,2-3,5,11,13,15-16H2,1H3. The Bertz CT molecular complexity index is 952. The number of esters is 1. The molecule has 8 nitrogen and oxygen atoms in total. The molecule has 1 aliphatic rings. The summed E-state index contributed by atoms with van der Waals surface area (Å²) in [7, 11) is 0. The number of carbonyl (C=O) groups is 2. The van der Waals surface area contributed by atoms with Crippen LogP contribution in [-0.4, -0.2) is 38.4 Å². The number of amides is 1. The van der Waals surface area contributed by atoms with E-state index in [0.717, 1.165) is 5.56 Å². The van der Waals surface area contributed by atoms with Gasteiger partial charge >= 0.3 is 5.97 Å². The van der Waals surface area contributed by atoms with E-state index in [1.165, 1.54) is 4.90 Å². The first-order valence-electron chi connectivity index (χ1n) is 10.0. The van der Waals surface area contributed by atoms with E-state index in [4.69, 9.17) is 24.2 Å². The monoisotopic (exact) mass is 424 g/mol. The van der Waals surface area contributed by atoms with Gasteiger partial charge in [-0.1, -0.05) is 6.07 Å². The van der Waals surface area contributed by atoms with Crippen molar-refractivity contribution in [3.8, 4) is 23.3 Å². The molecular weight excluding hydrogens is 400 g/mol. The lowest BCUT2D eigenvalue weighted by Crippen LogP contribution is -2.35. The van der Waals surface area contributed by atoms with Crippen LogP contribution in [0.5, 0.6) is 17.2 Å². The van der Waals surface area contributed by atoms with Gasteiger partial charge in [0.1, 0.15) is 5.75 Å². The van der Waals surface area contributed by atoms with Crippen LogP contribution >= 0.6 is 0 Å². The Morgan fingerprint density at radius 2 is 1.90 bits per heavy atom. The van der Waals surface area contributed by atoms with Crippen LogP contribution in [0.1, 0.15) is 25.3 Å². The van der Waals surface area contributed by atoms with E-state index in [0.29, 0.717) is 36.0 Å². The normalized spacial score (nSPS) is 11.5. The van der Waals surface area contributed by atoms with Crippen LogP contribution in [-0.2, 0) is 20.7 Å². The molecule has 31 heavy (non-hydrogen) atoms. The summed E-state index contributed by atoms with van der Waals surface area (Å²) in [6.07, 6.45) is 0.756. The van der Waals surface area contributed by atoms with Gasteiger partial charge in [-0.15, -0.1) is 0 Å². The minimum atomic E-state index is -0.474. The second-order valence-electron chi connectivity index (χ2n) is 6.73. The SMILES string of the molecule is CCOc1ccc(N(CCC#N)C(=O)COC(=O)CCc2ccc3c(c2)OCO3)cc1. The Kier molecular flexibility index (Phi) is 7.71. The summed E-state index contributed by atoms with van der Waals surface area (Å²) < 4.78 is 21.2. The van der Waals surface area contributed by atoms with Crippen molar-refractivity contribution in [1.82, 2.24) is 0 Å². The molecule has 0 atom stereocenters. The molecular formula is C23H24N2O6. The molecule has 2 aromatic rings. The minimum Gasteiger partial charge on any atom is -0.494 e. The zero-order valence-electron chi connectivity index (χ0n) is 17.3. The van der Waals surface area contributed by atoms with E-state index in [-0.39, 0.29) is 26.2 Å². The molecule has 0 aliphatic carbocycles. The molecule has 162 valence electrons. The van der Waals surface area contributed by atoms with Crippen molar-refractivity contribution in [3.05, 3.63) is 48.0 Å².